The number of hydrogen-bond acceptors (Lipinski definition) is 4. The van der Waals surface area contributed by atoms with E-state index in [2.05, 4.69) is 36.3 Å². The average molecular weight is 290 g/mol. The average Bonchev–Trinajstić information content (AvgIpc) is 2.89. The third-order valence-electron chi connectivity index (χ3n) is 3.19. The summed E-state index contributed by atoms with van der Waals surface area (Å²) < 4.78 is 5.78. The van der Waals surface area contributed by atoms with Crippen LogP contribution in [0.25, 0.3) is 0 Å². The Balaban J connectivity index is 1.94. The molecule has 0 spiro atoms. The zero-order valence-electron chi connectivity index (χ0n) is 12.3. The van der Waals surface area contributed by atoms with Crippen LogP contribution in [0.1, 0.15) is 41.8 Å². The van der Waals surface area contributed by atoms with Gasteiger partial charge in [0.05, 0.1) is 9.88 Å². The Kier molecular flexibility index (Phi) is 5.56. The maximum absolute atomic E-state index is 5.78. The Hall–Kier alpha value is -1.39. The van der Waals surface area contributed by atoms with Crippen molar-refractivity contribution in [2.45, 2.75) is 39.8 Å². The summed E-state index contributed by atoms with van der Waals surface area (Å²) in [6.07, 6.45) is 2.97. The number of rotatable bonds is 7. The molecule has 2 rings (SSSR count). The van der Waals surface area contributed by atoms with Crippen LogP contribution in [0.2, 0.25) is 0 Å². The highest BCUT2D eigenvalue weighted by Crippen LogP contribution is 2.21. The van der Waals surface area contributed by atoms with Crippen molar-refractivity contribution in [3.8, 4) is 5.75 Å². The van der Waals surface area contributed by atoms with E-state index in [0.717, 1.165) is 28.6 Å². The molecule has 1 atom stereocenters. The van der Waals surface area contributed by atoms with Crippen LogP contribution in [0, 0.1) is 6.92 Å². The van der Waals surface area contributed by atoms with Gasteiger partial charge in [0.15, 0.2) is 0 Å². The lowest BCUT2D eigenvalue weighted by molar-refractivity contribution is 0.309. The molecule has 1 N–H and O–H groups in total. The molecule has 4 heteroatoms. The SMILES string of the molecule is CCNC(CC)c1ccc(OCc2cnc(C)s2)cc1. The highest BCUT2D eigenvalue weighted by molar-refractivity contribution is 7.11. The molecule has 1 aromatic carbocycles. The molecule has 0 amide bonds. The lowest BCUT2D eigenvalue weighted by Crippen LogP contribution is -2.19. The van der Waals surface area contributed by atoms with E-state index in [4.69, 9.17) is 4.74 Å². The van der Waals surface area contributed by atoms with Crippen molar-refractivity contribution in [1.29, 1.82) is 0 Å². The fourth-order valence-corrected chi connectivity index (χ4v) is 2.88. The Morgan fingerprint density at radius 1 is 1.25 bits per heavy atom. The second-order valence-electron chi connectivity index (χ2n) is 4.72. The molecule has 0 bridgehead atoms. The van der Waals surface area contributed by atoms with Gasteiger partial charge in [0.1, 0.15) is 12.4 Å². The zero-order chi connectivity index (χ0) is 14.4. The number of nitrogens with zero attached hydrogens (tertiary/aromatic N) is 1. The number of nitrogens with one attached hydrogen (secondary N) is 1. The zero-order valence-corrected chi connectivity index (χ0v) is 13.2. The van der Waals surface area contributed by atoms with Gasteiger partial charge in [-0.2, -0.15) is 0 Å². The molecule has 0 radical (unpaired) electrons. The van der Waals surface area contributed by atoms with E-state index in [1.807, 2.05) is 25.3 Å². The molecule has 0 aliphatic carbocycles. The van der Waals surface area contributed by atoms with Crippen LogP contribution in [0.4, 0.5) is 0 Å². The van der Waals surface area contributed by atoms with Crippen molar-refractivity contribution in [3.63, 3.8) is 0 Å². The predicted octanol–water partition coefficient (Wildman–Crippen LogP) is 4.09. The molecule has 1 unspecified atom stereocenters. The minimum Gasteiger partial charge on any atom is -0.488 e. The molecule has 20 heavy (non-hydrogen) atoms. The maximum Gasteiger partial charge on any atom is 0.124 e. The van der Waals surface area contributed by atoms with Crippen LogP contribution in [0.15, 0.2) is 30.5 Å². The molecule has 3 nitrogen and oxygen atoms in total. The van der Waals surface area contributed by atoms with Crippen LogP contribution < -0.4 is 10.1 Å². The molecule has 108 valence electrons. The number of ether oxygens (including phenoxy) is 1. The Bertz CT molecular complexity index is 522. The first-order valence-corrected chi connectivity index (χ1v) is 7.92. The van der Waals surface area contributed by atoms with Gasteiger partial charge in [-0.25, -0.2) is 4.98 Å². The number of hydrogen-bond donors (Lipinski definition) is 1. The van der Waals surface area contributed by atoms with Gasteiger partial charge in [0, 0.05) is 12.2 Å². The van der Waals surface area contributed by atoms with Gasteiger partial charge in [0.25, 0.3) is 0 Å². The third-order valence-corrected chi connectivity index (χ3v) is 4.08. The Morgan fingerprint density at radius 2 is 2.00 bits per heavy atom. The standard InChI is InChI=1S/C16H22N2OS/c1-4-16(17-5-2)13-6-8-14(9-7-13)19-11-15-10-18-12(3)20-15/h6-10,16-17H,4-5,11H2,1-3H3. The van der Waals surface area contributed by atoms with Gasteiger partial charge < -0.3 is 10.1 Å². The van der Waals surface area contributed by atoms with Gasteiger partial charge in [-0.05, 0) is 37.6 Å². The predicted molar refractivity (Wildman–Crippen MR) is 84.3 cm³/mol. The molecule has 0 aliphatic heterocycles. The maximum atomic E-state index is 5.78. The monoisotopic (exact) mass is 290 g/mol. The van der Waals surface area contributed by atoms with Crippen molar-refractivity contribution < 1.29 is 4.74 Å². The van der Waals surface area contributed by atoms with Gasteiger partial charge in [-0.3, -0.25) is 0 Å². The van der Waals surface area contributed by atoms with Crippen molar-refractivity contribution in [1.82, 2.24) is 10.3 Å². The van der Waals surface area contributed by atoms with E-state index < -0.39 is 0 Å². The third kappa shape index (κ3) is 4.05. The van der Waals surface area contributed by atoms with E-state index in [1.165, 1.54) is 5.56 Å². The highest BCUT2D eigenvalue weighted by atomic mass is 32.1. The van der Waals surface area contributed by atoms with E-state index >= 15 is 0 Å². The summed E-state index contributed by atoms with van der Waals surface area (Å²) in [5, 5.41) is 4.56. The molecule has 0 saturated carbocycles. The molecule has 1 aromatic heterocycles. The molecular weight excluding hydrogens is 268 g/mol. The number of benzene rings is 1. The number of thiazole rings is 1. The lowest BCUT2D eigenvalue weighted by Gasteiger charge is -2.16. The summed E-state index contributed by atoms with van der Waals surface area (Å²) in [5.74, 6) is 0.908. The summed E-state index contributed by atoms with van der Waals surface area (Å²) in [6.45, 7) is 7.92. The molecule has 2 aromatic rings. The minimum absolute atomic E-state index is 0.429. The largest absolute Gasteiger partial charge is 0.488 e. The van der Waals surface area contributed by atoms with Gasteiger partial charge in [-0.1, -0.05) is 26.0 Å². The first kappa shape index (κ1) is 15.0. The van der Waals surface area contributed by atoms with Gasteiger partial charge >= 0.3 is 0 Å². The summed E-state index contributed by atoms with van der Waals surface area (Å²) in [4.78, 5) is 5.39. The molecular formula is C16H22N2OS. The van der Waals surface area contributed by atoms with Crippen LogP contribution in [0.3, 0.4) is 0 Å². The molecule has 1 heterocycles. The summed E-state index contributed by atoms with van der Waals surface area (Å²) in [7, 11) is 0. The highest BCUT2D eigenvalue weighted by Gasteiger charge is 2.07. The quantitative estimate of drug-likeness (QED) is 0.834. The van der Waals surface area contributed by atoms with Crippen LogP contribution in [-0.4, -0.2) is 11.5 Å². The second-order valence-corrected chi connectivity index (χ2v) is 6.04. The Morgan fingerprint density at radius 3 is 2.55 bits per heavy atom. The lowest BCUT2D eigenvalue weighted by atomic mass is 10.0. The van der Waals surface area contributed by atoms with Crippen molar-refractivity contribution in [2.75, 3.05) is 6.54 Å². The summed E-state index contributed by atoms with van der Waals surface area (Å²) >= 11 is 1.68. The number of aryl methyl sites for hydroxylation is 1. The van der Waals surface area contributed by atoms with Crippen molar-refractivity contribution in [3.05, 3.63) is 45.9 Å². The van der Waals surface area contributed by atoms with E-state index in [-0.39, 0.29) is 0 Å². The van der Waals surface area contributed by atoms with Gasteiger partial charge in [-0.15, -0.1) is 11.3 Å². The smallest absolute Gasteiger partial charge is 0.124 e. The number of aromatic nitrogens is 1. The normalized spacial score (nSPS) is 12.3. The van der Waals surface area contributed by atoms with E-state index in [0.29, 0.717) is 12.6 Å². The van der Waals surface area contributed by atoms with Crippen LogP contribution >= 0.6 is 11.3 Å². The molecule has 0 saturated heterocycles. The fraction of sp³-hybridized carbons (Fsp3) is 0.438. The van der Waals surface area contributed by atoms with Crippen LogP contribution in [0.5, 0.6) is 5.75 Å². The van der Waals surface area contributed by atoms with E-state index in [1.54, 1.807) is 11.3 Å². The second kappa shape index (κ2) is 7.41. The van der Waals surface area contributed by atoms with Crippen LogP contribution in [-0.2, 0) is 6.61 Å². The first-order chi connectivity index (χ1) is 9.72. The topological polar surface area (TPSA) is 34.1 Å². The Labute approximate surface area is 125 Å². The van der Waals surface area contributed by atoms with E-state index in [9.17, 15) is 0 Å². The van der Waals surface area contributed by atoms with Crippen molar-refractivity contribution >= 4 is 11.3 Å². The summed E-state index contributed by atoms with van der Waals surface area (Å²) in [6, 6.07) is 8.80. The van der Waals surface area contributed by atoms with Gasteiger partial charge in [0.2, 0.25) is 0 Å². The first-order valence-electron chi connectivity index (χ1n) is 7.10. The summed E-state index contributed by atoms with van der Waals surface area (Å²) in [5.41, 5.74) is 1.32. The fourth-order valence-electron chi connectivity index (χ4n) is 2.17. The molecule has 0 fully saturated rings. The minimum atomic E-state index is 0.429. The molecule has 0 aliphatic rings. The van der Waals surface area contributed by atoms with Crippen molar-refractivity contribution in [2.24, 2.45) is 0 Å².